The van der Waals surface area contributed by atoms with Crippen molar-refractivity contribution in [3.8, 4) is 5.75 Å². The molecule has 0 aliphatic carbocycles. The first kappa shape index (κ1) is 20.3. The molecule has 0 bridgehead atoms. The van der Waals surface area contributed by atoms with Crippen LogP contribution in [0.2, 0.25) is 0 Å². The summed E-state index contributed by atoms with van der Waals surface area (Å²) >= 11 is 1.03. The van der Waals surface area contributed by atoms with E-state index in [2.05, 4.69) is 0 Å². The molecule has 12 heteroatoms. The van der Waals surface area contributed by atoms with E-state index in [1.807, 2.05) is 0 Å². The molecule has 9 nitrogen and oxygen atoms in total. The summed E-state index contributed by atoms with van der Waals surface area (Å²) in [6, 6.07) is 13.3. The van der Waals surface area contributed by atoms with Crippen molar-refractivity contribution >= 4 is 45.2 Å². The molecule has 1 N–H and O–H groups in total. The van der Waals surface area contributed by atoms with Crippen molar-refractivity contribution in [2.45, 2.75) is 10.2 Å². The smallest absolute Gasteiger partial charge is 0.335 e. The van der Waals surface area contributed by atoms with Crippen LogP contribution in [0.1, 0.15) is 0 Å². The van der Waals surface area contributed by atoms with E-state index in [1.165, 1.54) is 18.2 Å². The summed E-state index contributed by atoms with van der Waals surface area (Å²) in [6.07, 6.45) is 0. The maximum absolute atomic E-state index is 12.7. The van der Waals surface area contributed by atoms with Crippen LogP contribution in [0.4, 0.5) is 5.69 Å². The van der Waals surface area contributed by atoms with Gasteiger partial charge in [-0.1, -0.05) is 18.2 Å². The summed E-state index contributed by atoms with van der Waals surface area (Å²) in [6.45, 7) is 0. The van der Waals surface area contributed by atoms with Gasteiger partial charge in [-0.3, -0.25) is 14.6 Å². The van der Waals surface area contributed by atoms with E-state index in [0.717, 1.165) is 40.6 Å². The normalized spacial score (nSPS) is 13.5. The summed E-state index contributed by atoms with van der Waals surface area (Å²) in [7, 11) is -5.89. The predicted molar refractivity (Wildman–Crippen MR) is 104 cm³/mol. The zero-order chi connectivity index (χ0) is 20.5. The van der Waals surface area contributed by atoms with Crippen LogP contribution < -0.4 is 4.52 Å². The second-order valence-corrected chi connectivity index (χ2v) is 10.1. The molecule has 3 aromatic rings. The molecule has 0 saturated heterocycles. The van der Waals surface area contributed by atoms with Crippen LogP contribution in [0.3, 0.4) is 0 Å². The number of nitro groups is 1. The Morgan fingerprint density at radius 3 is 2.46 bits per heavy atom. The quantitative estimate of drug-likeness (QED) is 0.257. The second-order valence-electron chi connectivity index (χ2n) is 5.60. The number of aliphatic hydroxyl groups excluding tert-OH is 1. The highest BCUT2D eigenvalue weighted by atomic mass is 32.2. The van der Waals surface area contributed by atoms with Crippen molar-refractivity contribution in [3.63, 3.8) is 0 Å². The molecule has 2 unspecified atom stereocenters. The SMILES string of the molecule is CN(C(O)[P+](=O)Oc1ccc([N+](=O)[O-])cc1)S(=O)(=O)c1cc2ccccc2s1. The van der Waals surface area contributed by atoms with Gasteiger partial charge in [-0.25, -0.2) is 8.42 Å². The fourth-order valence-electron chi connectivity index (χ4n) is 2.26. The van der Waals surface area contributed by atoms with Crippen molar-refractivity contribution in [2.75, 3.05) is 7.05 Å². The van der Waals surface area contributed by atoms with Crippen LogP contribution >= 0.6 is 19.4 Å². The molecule has 0 fully saturated rings. The Hall–Kier alpha value is -2.43. The first-order chi connectivity index (χ1) is 13.2. The maximum atomic E-state index is 12.7. The number of hydrogen-bond donors (Lipinski definition) is 1. The van der Waals surface area contributed by atoms with Crippen LogP contribution in [0.25, 0.3) is 10.1 Å². The van der Waals surface area contributed by atoms with Crippen LogP contribution in [0.15, 0.2) is 58.8 Å². The van der Waals surface area contributed by atoms with Gasteiger partial charge < -0.3 is 5.11 Å². The van der Waals surface area contributed by atoms with E-state index >= 15 is 0 Å². The van der Waals surface area contributed by atoms with Crippen LogP contribution in [-0.2, 0) is 14.6 Å². The Balaban J connectivity index is 1.77. The monoisotopic (exact) mass is 441 g/mol. The zero-order valence-corrected chi connectivity index (χ0v) is 16.9. The van der Waals surface area contributed by atoms with E-state index in [1.54, 1.807) is 24.3 Å². The molecule has 0 spiro atoms. The van der Waals surface area contributed by atoms with Gasteiger partial charge in [0, 0.05) is 23.9 Å². The minimum Gasteiger partial charge on any atom is -0.335 e. The number of thiophene rings is 1. The number of nitro benzene ring substituents is 1. The molecule has 2 atom stereocenters. The minimum atomic E-state index is -4.11. The van der Waals surface area contributed by atoms with Crippen molar-refractivity contribution in [2.24, 2.45) is 0 Å². The molecule has 0 amide bonds. The van der Waals surface area contributed by atoms with Gasteiger partial charge in [0.2, 0.25) is 0 Å². The number of benzene rings is 2. The molecule has 0 saturated carbocycles. The van der Waals surface area contributed by atoms with Crippen LogP contribution in [0, 0.1) is 10.1 Å². The van der Waals surface area contributed by atoms with E-state index in [0.29, 0.717) is 4.31 Å². The molecule has 1 heterocycles. The van der Waals surface area contributed by atoms with E-state index in [-0.39, 0.29) is 15.6 Å². The number of sulfonamides is 1. The van der Waals surface area contributed by atoms with Gasteiger partial charge in [0.05, 0.1) is 4.92 Å². The van der Waals surface area contributed by atoms with Crippen LogP contribution in [-0.4, -0.2) is 35.8 Å². The molecule has 1 aromatic heterocycles. The van der Waals surface area contributed by atoms with E-state index in [4.69, 9.17) is 4.52 Å². The Kier molecular flexibility index (Phi) is 5.73. The second kappa shape index (κ2) is 7.90. The Labute approximate surface area is 164 Å². The third-order valence-corrected chi connectivity index (χ3v) is 8.44. The lowest BCUT2D eigenvalue weighted by molar-refractivity contribution is -0.384. The summed E-state index contributed by atoms with van der Waals surface area (Å²) < 4.78 is 44.1. The predicted octanol–water partition coefficient (Wildman–Crippen LogP) is 3.53. The fraction of sp³-hybridized carbons (Fsp3) is 0.125. The lowest BCUT2D eigenvalue weighted by Gasteiger charge is -2.14. The molecule has 2 aromatic carbocycles. The van der Waals surface area contributed by atoms with E-state index in [9.17, 15) is 28.2 Å². The minimum absolute atomic E-state index is 0.00146. The average Bonchev–Trinajstić information content (AvgIpc) is 3.12. The molecular weight excluding hydrogens is 427 g/mol. The lowest BCUT2D eigenvalue weighted by Crippen LogP contribution is -2.34. The lowest BCUT2D eigenvalue weighted by atomic mass is 10.3. The molecular formula is C16H14N2O7PS2+. The molecule has 146 valence electrons. The topological polar surface area (TPSA) is 127 Å². The Morgan fingerprint density at radius 2 is 1.86 bits per heavy atom. The van der Waals surface area contributed by atoms with Gasteiger partial charge in [0.15, 0.2) is 5.75 Å². The average molecular weight is 441 g/mol. The number of nitrogens with zero attached hydrogens (tertiary/aromatic N) is 2. The number of fused-ring (bicyclic) bond motifs is 1. The highest BCUT2D eigenvalue weighted by Gasteiger charge is 2.43. The number of hydrogen-bond acceptors (Lipinski definition) is 8. The molecule has 0 aliphatic rings. The van der Waals surface area contributed by atoms with Gasteiger partial charge in [-0.2, -0.15) is 0 Å². The third kappa shape index (κ3) is 4.03. The molecule has 28 heavy (non-hydrogen) atoms. The van der Waals surface area contributed by atoms with Gasteiger partial charge in [0.25, 0.3) is 15.7 Å². The van der Waals surface area contributed by atoms with Gasteiger partial charge >= 0.3 is 14.0 Å². The summed E-state index contributed by atoms with van der Waals surface area (Å²) in [5.74, 6) is -1.95. The summed E-state index contributed by atoms with van der Waals surface area (Å²) in [5, 5.41) is 21.6. The largest absolute Gasteiger partial charge is 0.607 e. The third-order valence-electron chi connectivity index (χ3n) is 3.79. The van der Waals surface area contributed by atoms with Gasteiger partial charge in [0.1, 0.15) is 4.21 Å². The molecule has 3 rings (SSSR count). The highest BCUT2D eigenvalue weighted by molar-refractivity contribution is 7.91. The Morgan fingerprint density at radius 1 is 1.21 bits per heavy atom. The van der Waals surface area contributed by atoms with E-state index < -0.39 is 28.9 Å². The fourth-order valence-corrected chi connectivity index (χ4v) is 6.20. The first-order valence-corrected chi connectivity index (χ1v) is 11.2. The van der Waals surface area contributed by atoms with Gasteiger partial charge in [-0.15, -0.1) is 15.6 Å². The standard InChI is InChI=1S/C16H14N2O7PS2/c1-17(28(23,24)15-10-11-4-2-3-5-14(11)27-15)16(19)26(22)25-13-8-6-12(7-9-13)18(20)21/h2-10,16,19H,1H3/q+1. The Bertz CT molecular complexity index is 1110. The number of non-ortho nitro benzene ring substituents is 1. The molecule has 0 aliphatic heterocycles. The first-order valence-electron chi connectivity index (χ1n) is 7.73. The molecule has 0 radical (unpaired) electrons. The zero-order valence-electron chi connectivity index (χ0n) is 14.3. The summed E-state index contributed by atoms with van der Waals surface area (Å²) in [4.78, 5) is 10.0. The van der Waals surface area contributed by atoms with Crippen LogP contribution in [0.5, 0.6) is 5.75 Å². The number of aliphatic hydroxyl groups is 1. The summed E-state index contributed by atoms with van der Waals surface area (Å²) in [5.41, 5.74) is -0.187. The van der Waals surface area contributed by atoms with Crippen molar-refractivity contribution in [1.29, 1.82) is 0 Å². The highest BCUT2D eigenvalue weighted by Crippen LogP contribution is 2.37. The van der Waals surface area contributed by atoms with Crippen molar-refractivity contribution in [3.05, 3.63) is 64.7 Å². The van der Waals surface area contributed by atoms with Crippen molar-refractivity contribution < 1.29 is 27.5 Å². The van der Waals surface area contributed by atoms with Crippen molar-refractivity contribution in [1.82, 2.24) is 4.31 Å². The van der Waals surface area contributed by atoms with Gasteiger partial charge in [-0.05, 0) is 34.2 Å². The maximum Gasteiger partial charge on any atom is 0.607 e. The number of rotatable bonds is 7.